The molecule has 0 N–H and O–H groups in total. The normalized spacial score (nSPS) is 39.2. The maximum atomic E-state index is 11.2. The van der Waals surface area contributed by atoms with Gasteiger partial charge in [-0.15, -0.1) is 6.54 Å². The predicted octanol–water partition coefficient (Wildman–Crippen LogP) is -0.0529. The Hall–Kier alpha value is -0.450. The summed E-state index contributed by atoms with van der Waals surface area (Å²) >= 11 is 0. The molecule has 0 saturated carbocycles. The minimum absolute atomic E-state index is 0.0938. The van der Waals surface area contributed by atoms with Gasteiger partial charge in [-0.3, -0.25) is 4.79 Å². The fourth-order valence-electron chi connectivity index (χ4n) is 1.69. The minimum atomic E-state index is -0.0938. The van der Waals surface area contributed by atoms with Gasteiger partial charge in [0.25, 0.3) is 0 Å². The van der Waals surface area contributed by atoms with E-state index in [1.165, 1.54) is 0 Å². The van der Waals surface area contributed by atoms with Crippen molar-refractivity contribution in [2.75, 3.05) is 20.2 Å². The van der Waals surface area contributed by atoms with Crippen molar-refractivity contribution < 1.29 is 9.53 Å². The summed E-state index contributed by atoms with van der Waals surface area (Å²) in [5.74, 6) is 0.168. The van der Waals surface area contributed by atoms with Gasteiger partial charge in [0.1, 0.15) is 6.61 Å². The van der Waals surface area contributed by atoms with E-state index in [2.05, 4.69) is 5.43 Å². The largest absolute Gasteiger partial charge is 0.594 e. The molecule has 11 heavy (non-hydrogen) atoms. The van der Waals surface area contributed by atoms with Gasteiger partial charge < -0.3 is 15.2 Å². The molecule has 0 bridgehead atoms. The van der Waals surface area contributed by atoms with Gasteiger partial charge in [-0.05, 0) is 13.5 Å². The smallest absolute Gasteiger partial charge is 0.176 e. The van der Waals surface area contributed by atoms with Gasteiger partial charge in [0.15, 0.2) is 5.78 Å². The van der Waals surface area contributed by atoms with Crippen LogP contribution in [0.4, 0.5) is 0 Å². The van der Waals surface area contributed by atoms with Crippen LogP contribution in [0, 0.1) is 0 Å². The van der Waals surface area contributed by atoms with Crippen LogP contribution >= 0.6 is 0 Å². The molecular formula is C7H11N2O2-. The maximum Gasteiger partial charge on any atom is 0.176 e. The van der Waals surface area contributed by atoms with Gasteiger partial charge in [0.05, 0.1) is 12.1 Å². The van der Waals surface area contributed by atoms with E-state index in [0.717, 1.165) is 13.0 Å². The first-order valence-electron chi connectivity index (χ1n) is 3.83. The van der Waals surface area contributed by atoms with E-state index in [-0.39, 0.29) is 24.5 Å². The van der Waals surface area contributed by atoms with E-state index < -0.39 is 0 Å². The van der Waals surface area contributed by atoms with Crippen molar-refractivity contribution in [2.45, 2.75) is 18.6 Å². The molecule has 0 spiro atoms. The van der Waals surface area contributed by atoms with E-state index in [1.807, 2.05) is 7.05 Å². The van der Waals surface area contributed by atoms with Crippen molar-refractivity contribution in [1.82, 2.24) is 5.01 Å². The summed E-state index contributed by atoms with van der Waals surface area (Å²) in [5.41, 5.74) is 4.16. The molecule has 0 aromatic heterocycles. The van der Waals surface area contributed by atoms with Gasteiger partial charge in [-0.1, -0.05) is 0 Å². The van der Waals surface area contributed by atoms with E-state index in [4.69, 9.17) is 4.74 Å². The van der Waals surface area contributed by atoms with Gasteiger partial charge in [0, 0.05) is 0 Å². The number of fused-ring (bicyclic) bond motifs is 1. The summed E-state index contributed by atoms with van der Waals surface area (Å²) in [6.45, 7) is 1.06. The number of likely N-dealkylation sites (N-methyl/N-ethyl adjacent to an activating group) is 1. The van der Waals surface area contributed by atoms with Crippen LogP contribution in [0.5, 0.6) is 0 Å². The molecule has 0 aliphatic carbocycles. The Morgan fingerprint density at radius 2 is 2.55 bits per heavy atom. The van der Waals surface area contributed by atoms with E-state index >= 15 is 0 Å². The van der Waals surface area contributed by atoms with Crippen molar-refractivity contribution >= 4 is 5.78 Å². The monoisotopic (exact) mass is 155 g/mol. The van der Waals surface area contributed by atoms with E-state index in [9.17, 15) is 4.79 Å². The average molecular weight is 155 g/mol. The summed E-state index contributed by atoms with van der Waals surface area (Å²) in [4.78, 5) is 11.2. The lowest BCUT2D eigenvalue weighted by Crippen LogP contribution is -2.44. The number of ether oxygens (including phenoxy) is 1. The Morgan fingerprint density at radius 1 is 1.73 bits per heavy atom. The summed E-state index contributed by atoms with van der Waals surface area (Å²) in [6.07, 6.45) is 0.991. The SMILES string of the molecule is CN1[N-]CCC2OCC(=O)C21. The highest BCUT2D eigenvalue weighted by Gasteiger charge is 2.36. The zero-order chi connectivity index (χ0) is 7.84. The predicted molar refractivity (Wildman–Crippen MR) is 39.1 cm³/mol. The second-order valence-electron chi connectivity index (χ2n) is 2.99. The highest BCUT2D eigenvalue weighted by atomic mass is 16.5. The third-order valence-electron chi connectivity index (χ3n) is 2.26. The van der Waals surface area contributed by atoms with Crippen molar-refractivity contribution in [3.8, 4) is 0 Å². The van der Waals surface area contributed by atoms with E-state index in [0.29, 0.717) is 0 Å². The highest BCUT2D eigenvalue weighted by Crippen LogP contribution is 2.25. The molecule has 2 saturated heterocycles. The molecule has 0 aromatic rings. The molecular weight excluding hydrogens is 144 g/mol. The van der Waals surface area contributed by atoms with Crippen LogP contribution in [0.25, 0.3) is 5.43 Å². The number of nitrogens with zero attached hydrogens (tertiary/aromatic N) is 2. The number of carbonyl (C=O) groups is 1. The summed E-state index contributed by atoms with van der Waals surface area (Å²) in [7, 11) is 1.84. The van der Waals surface area contributed by atoms with Gasteiger partial charge in [0.2, 0.25) is 0 Å². The molecule has 4 nitrogen and oxygen atoms in total. The topological polar surface area (TPSA) is 43.6 Å². The molecule has 62 valence electrons. The number of hydrogen-bond donors (Lipinski definition) is 0. The fraction of sp³-hybridized carbons (Fsp3) is 0.857. The third kappa shape index (κ3) is 1.07. The quantitative estimate of drug-likeness (QED) is 0.492. The van der Waals surface area contributed by atoms with Crippen molar-refractivity contribution in [3.63, 3.8) is 0 Å². The maximum absolute atomic E-state index is 11.2. The van der Waals surface area contributed by atoms with Crippen LogP contribution in [0.3, 0.4) is 0 Å². The summed E-state index contributed by atoms with van der Waals surface area (Å²) in [5, 5.41) is 1.74. The Morgan fingerprint density at radius 3 is 3.27 bits per heavy atom. The second-order valence-corrected chi connectivity index (χ2v) is 2.99. The zero-order valence-electron chi connectivity index (χ0n) is 6.49. The van der Waals surface area contributed by atoms with Crippen molar-refractivity contribution in [1.29, 1.82) is 0 Å². The summed E-state index contributed by atoms with van der Waals surface area (Å²) < 4.78 is 5.29. The number of Topliss-reactive ketones (excluding diaryl/α,β-unsaturated/α-hetero) is 1. The number of rotatable bonds is 0. The Kier molecular flexibility index (Phi) is 1.67. The number of hydrogen-bond acceptors (Lipinski definition) is 3. The van der Waals surface area contributed by atoms with Crippen LogP contribution in [-0.2, 0) is 9.53 Å². The van der Waals surface area contributed by atoms with Crippen LogP contribution in [0.1, 0.15) is 6.42 Å². The molecule has 0 amide bonds. The van der Waals surface area contributed by atoms with Crippen molar-refractivity contribution in [3.05, 3.63) is 5.43 Å². The Balaban J connectivity index is 2.14. The Bertz CT molecular complexity index is 183. The zero-order valence-corrected chi connectivity index (χ0v) is 6.49. The molecule has 4 heteroatoms. The first kappa shape index (κ1) is 7.21. The average Bonchev–Trinajstić information content (AvgIpc) is 2.34. The molecule has 0 radical (unpaired) electrons. The molecule has 2 heterocycles. The van der Waals surface area contributed by atoms with Gasteiger partial charge in [-0.2, -0.15) is 0 Å². The highest BCUT2D eigenvalue weighted by molar-refractivity contribution is 5.87. The molecule has 2 unspecified atom stereocenters. The summed E-state index contributed by atoms with van der Waals surface area (Å²) in [6, 6.07) is -0.0938. The first-order chi connectivity index (χ1) is 5.29. The molecule has 2 atom stereocenters. The lowest BCUT2D eigenvalue weighted by molar-refractivity contribution is -0.120. The number of ketones is 1. The number of carbonyl (C=O) groups excluding carboxylic acids is 1. The first-order valence-corrected chi connectivity index (χ1v) is 3.83. The molecule has 0 aromatic carbocycles. The van der Waals surface area contributed by atoms with E-state index in [1.54, 1.807) is 5.01 Å². The molecule has 2 aliphatic heterocycles. The fourth-order valence-corrected chi connectivity index (χ4v) is 1.69. The van der Waals surface area contributed by atoms with Crippen molar-refractivity contribution in [2.24, 2.45) is 0 Å². The molecule has 2 fully saturated rings. The third-order valence-corrected chi connectivity index (χ3v) is 2.26. The second kappa shape index (κ2) is 2.55. The molecule has 2 rings (SSSR count). The van der Waals surface area contributed by atoms with Gasteiger partial charge in [-0.25, -0.2) is 0 Å². The Labute approximate surface area is 65.5 Å². The lowest BCUT2D eigenvalue weighted by Gasteiger charge is -2.44. The van der Waals surface area contributed by atoms with Crippen LogP contribution < -0.4 is 0 Å². The van der Waals surface area contributed by atoms with Crippen LogP contribution in [0.2, 0.25) is 0 Å². The van der Waals surface area contributed by atoms with Crippen LogP contribution in [-0.4, -0.2) is 43.1 Å². The van der Waals surface area contributed by atoms with Gasteiger partial charge >= 0.3 is 0 Å². The molecule has 2 aliphatic rings. The lowest BCUT2D eigenvalue weighted by atomic mass is 10.0. The van der Waals surface area contributed by atoms with Crippen LogP contribution in [0.15, 0.2) is 0 Å². The minimum Gasteiger partial charge on any atom is -0.594 e. The standard InChI is InChI=1S/C7H11N2O2/c1-9-7-5(10)4-11-6(7)2-3-8-9/h6-7H,2-4H2,1H3/q-1.